The van der Waals surface area contributed by atoms with E-state index >= 15 is 0 Å². The first kappa shape index (κ1) is 19.9. The highest BCUT2D eigenvalue weighted by atomic mass is 35.5. The van der Waals surface area contributed by atoms with Gasteiger partial charge in [-0.05, 0) is 36.4 Å². The molecule has 0 radical (unpaired) electrons. The summed E-state index contributed by atoms with van der Waals surface area (Å²) in [6.07, 6.45) is 0. The molecule has 1 atom stereocenters. The van der Waals surface area contributed by atoms with Crippen molar-refractivity contribution in [1.29, 1.82) is 5.26 Å². The van der Waals surface area contributed by atoms with E-state index in [1.165, 1.54) is 21.3 Å². The Morgan fingerprint density at radius 2 is 2.07 bits per heavy atom. The molecule has 0 saturated heterocycles. The molecule has 0 spiro atoms. The van der Waals surface area contributed by atoms with Crippen LogP contribution in [0.2, 0.25) is 5.02 Å². The summed E-state index contributed by atoms with van der Waals surface area (Å²) in [7, 11) is 4.26. The number of nitrogens with zero attached hydrogens (tertiary/aromatic N) is 3. The zero-order chi connectivity index (χ0) is 20.6. The van der Waals surface area contributed by atoms with Crippen molar-refractivity contribution in [3.05, 3.63) is 44.7 Å². The summed E-state index contributed by atoms with van der Waals surface area (Å²) < 4.78 is 15.6. The minimum atomic E-state index is -0.699. The maximum absolute atomic E-state index is 12.6. The number of halogens is 1. The zero-order valence-corrected chi connectivity index (χ0v) is 17.1. The van der Waals surface area contributed by atoms with Crippen LogP contribution in [0.1, 0.15) is 18.5 Å². The van der Waals surface area contributed by atoms with Gasteiger partial charge in [-0.2, -0.15) is 5.26 Å². The molecule has 2 aliphatic heterocycles. The van der Waals surface area contributed by atoms with Crippen LogP contribution in [-0.4, -0.2) is 37.4 Å². The summed E-state index contributed by atoms with van der Waals surface area (Å²) in [6.45, 7) is 1.70. The van der Waals surface area contributed by atoms with Crippen molar-refractivity contribution in [2.24, 2.45) is 10.7 Å². The summed E-state index contributed by atoms with van der Waals surface area (Å²) in [5.74, 6) is 0.413. The van der Waals surface area contributed by atoms with Crippen LogP contribution in [0.4, 0.5) is 0 Å². The van der Waals surface area contributed by atoms with Crippen molar-refractivity contribution < 1.29 is 19.0 Å². The molecule has 8 nitrogen and oxygen atoms in total. The van der Waals surface area contributed by atoms with Gasteiger partial charge in [0.2, 0.25) is 0 Å². The van der Waals surface area contributed by atoms with Gasteiger partial charge in [-0.25, -0.2) is 9.79 Å². The third kappa shape index (κ3) is 3.04. The Bertz CT molecular complexity index is 996. The number of ether oxygens (including phenoxy) is 3. The number of rotatable bonds is 4. The van der Waals surface area contributed by atoms with Crippen LogP contribution in [-0.2, 0) is 9.53 Å². The molecule has 1 aromatic carbocycles. The Morgan fingerprint density at radius 1 is 1.36 bits per heavy atom. The standard InChI is InChI=1S/C18H17ClN4O4S/c1-8-13(17(24)27-4)14(23-16(21)12(7-20)28-18(23)22-8)9-5-10(19)15(26-3)11(6-9)25-2/h5-6,14H,21H2,1-4H3/t14-/m0/s1. The molecule has 0 unspecified atom stereocenters. The van der Waals surface area contributed by atoms with Gasteiger partial charge in [-0.1, -0.05) is 11.6 Å². The lowest BCUT2D eigenvalue weighted by Crippen LogP contribution is -2.38. The Hall–Kier alpha value is -2.83. The van der Waals surface area contributed by atoms with Gasteiger partial charge in [-0.15, -0.1) is 0 Å². The van der Waals surface area contributed by atoms with E-state index in [-0.39, 0.29) is 11.4 Å². The molecule has 0 amide bonds. The summed E-state index contributed by atoms with van der Waals surface area (Å²) >= 11 is 7.52. The van der Waals surface area contributed by atoms with Gasteiger partial charge >= 0.3 is 5.97 Å². The number of aliphatic imine (C=N–C) groups is 1. The van der Waals surface area contributed by atoms with Crippen LogP contribution in [0.15, 0.2) is 39.1 Å². The normalized spacial score (nSPS) is 18.5. The molecule has 2 aliphatic rings. The number of methoxy groups -OCH3 is 3. The molecular formula is C18H17ClN4O4S. The number of amidine groups is 1. The van der Waals surface area contributed by atoms with E-state index in [1.54, 1.807) is 24.0 Å². The number of hydrogen-bond acceptors (Lipinski definition) is 9. The van der Waals surface area contributed by atoms with Crippen LogP contribution >= 0.6 is 23.4 Å². The Balaban J connectivity index is 2.27. The number of carbonyl (C=O) groups excluding carboxylic acids is 1. The third-order valence-corrected chi connectivity index (χ3v) is 5.61. The summed E-state index contributed by atoms with van der Waals surface area (Å²) in [5.41, 5.74) is 7.57. The first-order valence-electron chi connectivity index (χ1n) is 8.04. The van der Waals surface area contributed by atoms with Crippen LogP contribution < -0.4 is 15.2 Å². The van der Waals surface area contributed by atoms with E-state index in [2.05, 4.69) is 11.1 Å². The molecule has 1 aromatic rings. The minimum Gasteiger partial charge on any atom is -0.493 e. The molecule has 0 bridgehead atoms. The average Bonchev–Trinajstić information content (AvgIpc) is 3.00. The maximum Gasteiger partial charge on any atom is 0.338 e. The number of esters is 1. The minimum absolute atomic E-state index is 0.205. The number of thioether (sulfide) groups is 1. The van der Waals surface area contributed by atoms with Gasteiger partial charge in [-0.3, -0.25) is 4.90 Å². The second-order valence-electron chi connectivity index (χ2n) is 5.82. The second-order valence-corrected chi connectivity index (χ2v) is 7.21. The van der Waals surface area contributed by atoms with Crippen molar-refractivity contribution in [3.8, 4) is 17.6 Å². The van der Waals surface area contributed by atoms with Crippen LogP contribution in [0.5, 0.6) is 11.5 Å². The van der Waals surface area contributed by atoms with Crippen LogP contribution in [0.3, 0.4) is 0 Å². The van der Waals surface area contributed by atoms with E-state index in [9.17, 15) is 10.1 Å². The molecule has 2 heterocycles. The first-order chi connectivity index (χ1) is 13.4. The van der Waals surface area contributed by atoms with E-state index in [4.69, 9.17) is 31.5 Å². The molecule has 28 heavy (non-hydrogen) atoms. The summed E-state index contributed by atoms with van der Waals surface area (Å²) in [4.78, 5) is 18.9. The average molecular weight is 421 g/mol. The maximum atomic E-state index is 12.6. The molecule has 10 heteroatoms. The number of allylic oxidation sites excluding steroid dienone is 2. The van der Waals surface area contributed by atoms with Gasteiger partial charge in [0, 0.05) is 0 Å². The quantitative estimate of drug-likeness (QED) is 0.740. The van der Waals surface area contributed by atoms with E-state index in [1.807, 2.05) is 0 Å². The van der Waals surface area contributed by atoms with Crippen molar-refractivity contribution in [2.75, 3.05) is 21.3 Å². The monoisotopic (exact) mass is 420 g/mol. The SMILES string of the molecule is COC(=O)C1=C(C)N=C2SC(C#N)=C(N)N2[C@H]1c1cc(Cl)c(OC)c(OC)c1. The molecular weight excluding hydrogens is 404 g/mol. The Kier molecular flexibility index (Phi) is 5.45. The number of carbonyl (C=O) groups is 1. The Labute approximate surface area is 171 Å². The second kappa shape index (κ2) is 7.66. The number of nitrogens with two attached hydrogens (primary N) is 1. The molecule has 0 fully saturated rings. The first-order valence-corrected chi connectivity index (χ1v) is 9.23. The lowest BCUT2D eigenvalue weighted by atomic mass is 9.94. The van der Waals surface area contributed by atoms with Gasteiger partial charge < -0.3 is 19.9 Å². The number of benzene rings is 1. The van der Waals surface area contributed by atoms with Gasteiger partial charge in [0.15, 0.2) is 16.7 Å². The van der Waals surface area contributed by atoms with E-state index in [0.717, 1.165) is 11.8 Å². The molecule has 0 aliphatic carbocycles. The van der Waals surface area contributed by atoms with Crippen molar-refractivity contribution in [1.82, 2.24) is 4.90 Å². The highest BCUT2D eigenvalue weighted by Crippen LogP contribution is 2.47. The van der Waals surface area contributed by atoms with Gasteiger partial charge in [0.05, 0.1) is 43.7 Å². The molecule has 3 rings (SSSR count). The van der Waals surface area contributed by atoms with E-state index < -0.39 is 12.0 Å². The van der Waals surface area contributed by atoms with Crippen LogP contribution in [0.25, 0.3) is 0 Å². The van der Waals surface area contributed by atoms with Gasteiger partial charge in [0.25, 0.3) is 0 Å². The predicted octanol–water partition coefficient (Wildman–Crippen LogP) is 2.92. The lowest BCUT2D eigenvalue weighted by Gasteiger charge is -2.35. The highest BCUT2D eigenvalue weighted by Gasteiger charge is 2.43. The summed E-state index contributed by atoms with van der Waals surface area (Å²) in [5, 5.41) is 10.2. The van der Waals surface area contributed by atoms with Crippen LogP contribution in [0, 0.1) is 11.3 Å². The lowest BCUT2D eigenvalue weighted by molar-refractivity contribution is -0.136. The molecule has 2 N–H and O–H groups in total. The fourth-order valence-corrected chi connectivity index (χ4v) is 4.34. The topological polar surface area (TPSA) is 110 Å². The number of fused-ring (bicyclic) bond motifs is 1. The highest BCUT2D eigenvalue weighted by molar-refractivity contribution is 8.17. The Morgan fingerprint density at radius 3 is 2.64 bits per heavy atom. The number of nitriles is 1. The van der Waals surface area contributed by atoms with E-state index in [0.29, 0.717) is 37.9 Å². The largest absolute Gasteiger partial charge is 0.493 e. The predicted molar refractivity (Wildman–Crippen MR) is 106 cm³/mol. The summed E-state index contributed by atoms with van der Waals surface area (Å²) in [6, 6.07) is 4.73. The molecule has 0 aromatic heterocycles. The molecule has 146 valence electrons. The van der Waals surface area contributed by atoms with Gasteiger partial charge in [0.1, 0.15) is 16.8 Å². The zero-order valence-electron chi connectivity index (χ0n) is 15.6. The molecule has 0 saturated carbocycles. The van der Waals surface area contributed by atoms with Crippen molar-refractivity contribution >= 4 is 34.5 Å². The fraction of sp³-hybridized carbons (Fsp3) is 0.278. The number of hydrogen-bond donors (Lipinski definition) is 1. The fourth-order valence-electron chi connectivity index (χ4n) is 3.12. The van der Waals surface area contributed by atoms with Crippen molar-refractivity contribution in [2.45, 2.75) is 13.0 Å². The van der Waals surface area contributed by atoms with Crippen molar-refractivity contribution in [3.63, 3.8) is 0 Å². The third-order valence-electron chi connectivity index (χ3n) is 4.35. The smallest absolute Gasteiger partial charge is 0.338 e.